The van der Waals surface area contributed by atoms with Gasteiger partial charge < -0.3 is 9.80 Å². The van der Waals surface area contributed by atoms with E-state index in [1.807, 2.05) is 11.9 Å². The predicted molar refractivity (Wildman–Crippen MR) is 75.7 cm³/mol. The van der Waals surface area contributed by atoms with Gasteiger partial charge in [-0.1, -0.05) is 6.08 Å². The molecule has 0 atom stereocenters. The molecule has 0 spiro atoms. The summed E-state index contributed by atoms with van der Waals surface area (Å²) in [7, 11) is -2.07. The Morgan fingerprint density at radius 1 is 1.27 bits per heavy atom. The Morgan fingerprint density at radius 3 is 2.27 bits per heavy atom. The zero-order chi connectivity index (χ0) is 17.0. The van der Waals surface area contributed by atoms with Gasteiger partial charge in [-0.25, -0.2) is 8.42 Å². The Morgan fingerprint density at radius 2 is 1.82 bits per heavy atom. The third kappa shape index (κ3) is 5.93. The van der Waals surface area contributed by atoms with Crippen LogP contribution >= 0.6 is 0 Å². The van der Waals surface area contributed by atoms with E-state index >= 15 is 0 Å². The smallest absolute Gasteiger partial charge is 0.329 e. The fraction of sp³-hybridized carbons (Fsp3) is 0.750. The minimum absolute atomic E-state index is 0.229. The van der Waals surface area contributed by atoms with Crippen LogP contribution in [0.25, 0.3) is 0 Å². The first kappa shape index (κ1) is 18.9. The molecule has 0 unspecified atom stereocenters. The topological polar surface area (TPSA) is 60.9 Å². The van der Waals surface area contributed by atoms with Crippen molar-refractivity contribution >= 4 is 15.9 Å². The van der Waals surface area contributed by atoms with Crippen LogP contribution in [-0.4, -0.2) is 86.7 Å². The van der Waals surface area contributed by atoms with Crippen LogP contribution in [0.1, 0.15) is 0 Å². The second-order valence-corrected chi connectivity index (χ2v) is 7.11. The summed E-state index contributed by atoms with van der Waals surface area (Å²) in [5, 5.41) is 0. The average Bonchev–Trinajstić information content (AvgIpc) is 2.36. The van der Waals surface area contributed by atoms with Gasteiger partial charge in [0.05, 0.1) is 0 Å². The van der Waals surface area contributed by atoms with Gasteiger partial charge in [0.15, 0.2) is 0 Å². The summed E-state index contributed by atoms with van der Waals surface area (Å²) in [4.78, 5) is 14.3. The lowest BCUT2D eigenvalue weighted by atomic mass is 10.4. The number of carbonyl (C=O) groups is 1. The van der Waals surface area contributed by atoms with E-state index in [1.54, 1.807) is 0 Å². The lowest BCUT2D eigenvalue weighted by Gasteiger charge is -2.32. The maximum atomic E-state index is 12.4. The Hall–Kier alpha value is -1.13. The summed E-state index contributed by atoms with van der Waals surface area (Å²) in [6.45, 7) is 2.94. The maximum Gasteiger partial charge on any atom is 0.406 e. The fourth-order valence-corrected chi connectivity index (χ4v) is 3.43. The van der Waals surface area contributed by atoms with E-state index in [4.69, 9.17) is 0 Å². The van der Waals surface area contributed by atoms with Crippen molar-refractivity contribution in [1.29, 1.82) is 0 Å². The molecule has 22 heavy (non-hydrogen) atoms. The number of rotatable bonds is 6. The van der Waals surface area contributed by atoms with E-state index in [0.717, 1.165) is 10.4 Å². The summed E-state index contributed by atoms with van der Waals surface area (Å²) in [5.41, 5.74) is 0. The molecular weight excluding hydrogens is 323 g/mol. The van der Waals surface area contributed by atoms with Crippen LogP contribution in [0.4, 0.5) is 13.2 Å². The van der Waals surface area contributed by atoms with Crippen molar-refractivity contribution in [3.05, 3.63) is 12.7 Å². The molecule has 128 valence electrons. The zero-order valence-corrected chi connectivity index (χ0v) is 13.2. The number of hydrogen-bond acceptors (Lipinski definition) is 4. The molecule has 10 heteroatoms. The highest BCUT2D eigenvalue weighted by atomic mass is 32.2. The first-order valence-electron chi connectivity index (χ1n) is 6.67. The molecule has 1 fully saturated rings. The molecular formula is C12H20F3N3O3S. The van der Waals surface area contributed by atoms with Crippen molar-refractivity contribution in [2.24, 2.45) is 0 Å². The van der Waals surface area contributed by atoms with Gasteiger partial charge in [0.25, 0.3) is 0 Å². The monoisotopic (exact) mass is 343 g/mol. The van der Waals surface area contributed by atoms with Gasteiger partial charge in [-0.3, -0.25) is 4.79 Å². The van der Waals surface area contributed by atoms with Crippen molar-refractivity contribution in [2.75, 3.05) is 52.1 Å². The minimum atomic E-state index is -4.59. The molecule has 0 bridgehead atoms. The van der Waals surface area contributed by atoms with E-state index < -0.39 is 34.4 Å². The van der Waals surface area contributed by atoms with E-state index in [-0.39, 0.29) is 19.6 Å². The standard InChI is InChI=1S/C12H20F3N3O3S/c1-3-4-17(10-12(13,14)15)11(19)9-22(20,21)18-7-5-16(2)6-8-18/h3H,1,4-10H2,2H3. The molecule has 1 aliphatic rings. The van der Waals surface area contributed by atoms with Gasteiger partial charge in [0, 0.05) is 32.7 Å². The van der Waals surface area contributed by atoms with Crippen LogP contribution in [0.5, 0.6) is 0 Å². The second kappa shape index (κ2) is 7.42. The first-order chi connectivity index (χ1) is 10.0. The highest BCUT2D eigenvalue weighted by molar-refractivity contribution is 7.89. The number of sulfonamides is 1. The number of carbonyl (C=O) groups excluding carboxylic acids is 1. The summed E-state index contributed by atoms with van der Waals surface area (Å²) >= 11 is 0. The Labute approximate surface area is 128 Å². The molecule has 1 saturated heterocycles. The molecule has 6 nitrogen and oxygen atoms in total. The molecule has 1 aliphatic heterocycles. The largest absolute Gasteiger partial charge is 0.406 e. The first-order valence-corrected chi connectivity index (χ1v) is 8.28. The van der Waals surface area contributed by atoms with E-state index in [2.05, 4.69) is 6.58 Å². The lowest BCUT2D eigenvalue weighted by Crippen LogP contribution is -2.50. The van der Waals surface area contributed by atoms with Crippen LogP contribution in [0, 0.1) is 0 Å². The van der Waals surface area contributed by atoms with Gasteiger partial charge in [-0.15, -0.1) is 6.58 Å². The van der Waals surface area contributed by atoms with E-state index in [1.165, 1.54) is 0 Å². The molecule has 0 saturated carbocycles. The van der Waals surface area contributed by atoms with Crippen molar-refractivity contribution in [1.82, 2.24) is 14.1 Å². The van der Waals surface area contributed by atoms with Gasteiger partial charge in [-0.05, 0) is 7.05 Å². The molecule has 0 aromatic heterocycles. The number of hydrogen-bond donors (Lipinski definition) is 0. The fourth-order valence-electron chi connectivity index (χ4n) is 2.03. The second-order valence-electron chi connectivity index (χ2n) is 5.14. The third-order valence-corrected chi connectivity index (χ3v) is 5.00. The van der Waals surface area contributed by atoms with Gasteiger partial charge >= 0.3 is 6.18 Å². The maximum absolute atomic E-state index is 12.4. The molecule has 0 radical (unpaired) electrons. The number of amides is 1. The van der Waals surface area contributed by atoms with E-state index in [0.29, 0.717) is 18.0 Å². The summed E-state index contributed by atoms with van der Waals surface area (Å²) in [6, 6.07) is 0. The quantitative estimate of drug-likeness (QED) is 0.644. The Balaban J connectivity index is 2.72. The minimum Gasteiger partial charge on any atom is -0.329 e. The molecule has 1 heterocycles. The Kier molecular flexibility index (Phi) is 6.38. The van der Waals surface area contributed by atoms with E-state index in [9.17, 15) is 26.4 Å². The number of halogens is 3. The number of nitrogens with zero attached hydrogens (tertiary/aromatic N) is 3. The number of piperazine rings is 1. The van der Waals surface area contributed by atoms with Crippen LogP contribution in [0.15, 0.2) is 12.7 Å². The van der Waals surface area contributed by atoms with Crippen molar-refractivity contribution in [2.45, 2.75) is 6.18 Å². The van der Waals surface area contributed by atoms with Crippen LogP contribution < -0.4 is 0 Å². The highest BCUT2D eigenvalue weighted by Crippen LogP contribution is 2.17. The number of alkyl halides is 3. The third-order valence-electron chi connectivity index (χ3n) is 3.23. The molecule has 0 aromatic rings. The SMILES string of the molecule is C=CCN(CC(F)(F)F)C(=O)CS(=O)(=O)N1CCN(C)CC1. The highest BCUT2D eigenvalue weighted by Gasteiger charge is 2.35. The Bertz CT molecular complexity index is 499. The number of likely N-dealkylation sites (N-methyl/N-ethyl adjacent to an activating group) is 1. The van der Waals surface area contributed by atoms with Crippen molar-refractivity contribution in [3.63, 3.8) is 0 Å². The van der Waals surface area contributed by atoms with Crippen LogP contribution in [0.3, 0.4) is 0 Å². The normalized spacial score (nSPS) is 18.2. The molecule has 0 aromatic carbocycles. The van der Waals surface area contributed by atoms with Crippen LogP contribution in [0.2, 0.25) is 0 Å². The summed E-state index contributed by atoms with van der Waals surface area (Å²) in [5.74, 6) is -2.03. The average molecular weight is 343 g/mol. The van der Waals surface area contributed by atoms with Crippen molar-refractivity contribution in [3.8, 4) is 0 Å². The predicted octanol–water partition coefficient (Wildman–Crippen LogP) is 0.141. The summed E-state index contributed by atoms with van der Waals surface area (Å²) in [6.07, 6.45) is -3.46. The molecule has 1 amide bonds. The van der Waals surface area contributed by atoms with Crippen molar-refractivity contribution < 1.29 is 26.4 Å². The van der Waals surface area contributed by atoms with Crippen LogP contribution in [-0.2, 0) is 14.8 Å². The van der Waals surface area contributed by atoms with Gasteiger partial charge in [-0.2, -0.15) is 17.5 Å². The molecule has 1 rings (SSSR count). The summed E-state index contributed by atoms with van der Waals surface area (Å²) < 4.78 is 62.7. The van der Waals surface area contributed by atoms with Gasteiger partial charge in [0.1, 0.15) is 12.3 Å². The molecule has 0 aliphatic carbocycles. The molecule has 0 N–H and O–H groups in total. The zero-order valence-electron chi connectivity index (χ0n) is 12.3. The van der Waals surface area contributed by atoms with Gasteiger partial charge in [0.2, 0.25) is 15.9 Å². The lowest BCUT2D eigenvalue weighted by molar-refractivity contribution is -0.158.